The Morgan fingerprint density at radius 3 is 2.00 bits per heavy atom. The van der Waals surface area contributed by atoms with Crippen LogP contribution in [0.15, 0.2) is 18.2 Å². The molecule has 0 aromatic heterocycles. The number of anilines is 1. The number of rotatable bonds is 5. The lowest BCUT2D eigenvalue weighted by molar-refractivity contribution is -0.143. The number of alkyl halides is 6. The maximum absolute atomic E-state index is 13.0. The molecule has 5 nitrogen and oxygen atoms in total. The summed E-state index contributed by atoms with van der Waals surface area (Å²) in [4.78, 5) is 24.5. The molecule has 2 fully saturated rings. The molecule has 2 aliphatic rings. The minimum atomic E-state index is -4.97. The SMILES string of the molecule is O=C(C[C@H]1CC[C@@H](NC(=O)[C@H]2CCCN2)CC1)Nc1cc(C(F)(F)F)cc(C(F)(F)F)c1. The molecule has 1 atom stereocenters. The Kier molecular flexibility index (Phi) is 7.36. The molecule has 3 N–H and O–H groups in total. The van der Waals surface area contributed by atoms with Crippen molar-refractivity contribution < 1.29 is 35.9 Å². The molecule has 3 rings (SSSR count). The topological polar surface area (TPSA) is 70.2 Å². The zero-order chi connectivity index (χ0) is 23.5. The summed E-state index contributed by atoms with van der Waals surface area (Å²) in [6.07, 6.45) is -5.61. The van der Waals surface area contributed by atoms with Crippen molar-refractivity contribution in [1.82, 2.24) is 10.6 Å². The Bertz CT molecular complexity index is 794. The highest BCUT2D eigenvalue weighted by Gasteiger charge is 2.37. The van der Waals surface area contributed by atoms with E-state index < -0.39 is 35.1 Å². The van der Waals surface area contributed by atoms with Gasteiger partial charge >= 0.3 is 12.4 Å². The summed E-state index contributed by atoms with van der Waals surface area (Å²) in [5.41, 5.74) is -3.49. The van der Waals surface area contributed by atoms with Gasteiger partial charge in [0.05, 0.1) is 17.2 Å². The van der Waals surface area contributed by atoms with Crippen molar-refractivity contribution in [1.29, 1.82) is 0 Å². The first-order chi connectivity index (χ1) is 14.9. The van der Waals surface area contributed by atoms with E-state index in [0.717, 1.165) is 19.4 Å². The molecule has 0 spiro atoms. The maximum atomic E-state index is 13.0. The van der Waals surface area contributed by atoms with Crippen LogP contribution in [-0.2, 0) is 21.9 Å². The number of carbonyl (C=O) groups is 2. The second kappa shape index (κ2) is 9.68. The average molecular weight is 465 g/mol. The zero-order valence-electron chi connectivity index (χ0n) is 17.2. The average Bonchev–Trinajstić information content (AvgIpc) is 3.23. The van der Waals surface area contributed by atoms with Gasteiger partial charge in [0.1, 0.15) is 0 Å². The van der Waals surface area contributed by atoms with Crippen molar-refractivity contribution in [2.75, 3.05) is 11.9 Å². The fourth-order valence-corrected chi connectivity index (χ4v) is 4.22. The molecule has 1 aromatic carbocycles. The van der Waals surface area contributed by atoms with Gasteiger partial charge in [-0.2, -0.15) is 26.3 Å². The minimum absolute atomic E-state index is 0.00187. The third-order valence-electron chi connectivity index (χ3n) is 5.92. The number of halogens is 6. The number of nitrogens with one attached hydrogen (secondary N) is 3. The fraction of sp³-hybridized carbons (Fsp3) is 0.619. The molecule has 11 heteroatoms. The van der Waals surface area contributed by atoms with Crippen molar-refractivity contribution >= 4 is 17.5 Å². The summed E-state index contributed by atoms with van der Waals surface area (Å²) in [6, 6.07) is 0.842. The predicted octanol–water partition coefficient (Wildman–Crippen LogP) is 4.48. The summed E-state index contributed by atoms with van der Waals surface area (Å²) in [6.45, 7) is 0.816. The Morgan fingerprint density at radius 2 is 1.50 bits per heavy atom. The standard InChI is InChI=1S/C21H25F6N3O2/c22-20(23,24)13-9-14(21(25,26)27)11-16(10-13)29-18(31)8-12-3-5-15(6-4-12)30-19(32)17-2-1-7-28-17/h9-12,15,17,28H,1-8H2,(H,29,31)(H,30,32)/t12-,15+,17-/m1/s1. The van der Waals surface area contributed by atoms with Crippen LogP contribution in [0.2, 0.25) is 0 Å². The number of carbonyl (C=O) groups excluding carboxylic acids is 2. The van der Waals surface area contributed by atoms with Crippen LogP contribution in [-0.4, -0.2) is 30.4 Å². The minimum Gasteiger partial charge on any atom is -0.352 e. The van der Waals surface area contributed by atoms with Gasteiger partial charge in [0.2, 0.25) is 11.8 Å². The molecular formula is C21H25F6N3O2. The zero-order valence-corrected chi connectivity index (χ0v) is 17.2. The van der Waals surface area contributed by atoms with Gasteiger partial charge in [0, 0.05) is 18.2 Å². The number of hydrogen-bond donors (Lipinski definition) is 3. The smallest absolute Gasteiger partial charge is 0.352 e. The Hall–Kier alpha value is -2.30. The maximum Gasteiger partial charge on any atom is 0.416 e. The highest BCUT2D eigenvalue weighted by molar-refractivity contribution is 5.91. The monoisotopic (exact) mass is 465 g/mol. The van der Waals surface area contributed by atoms with Crippen LogP contribution in [0, 0.1) is 5.92 Å². The van der Waals surface area contributed by atoms with Gasteiger partial charge in [-0.25, -0.2) is 0 Å². The second-order valence-corrected chi connectivity index (χ2v) is 8.42. The van der Waals surface area contributed by atoms with Crippen LogP contribution >= 0.6 is 0 Å². The normalized spacial score (nSPS) is 24.2. The first kappa shape index (κ1) is 24.3. The van der Waals surface area contributed by atoms with Crippen LogP contribution in [0.5, 0.6) is 0 Å². The third kappa shape index (κ3) is 6.60. The Morgan fingerprint density at radius 1 is 0.906 bits per heavy atom. The summed E-state index contributed by atoms with van der Waals surface area (Å²) in [5.74, 6) is -0.727. The largest absolute Gasteiger partial charge is 0.416 e. The summed E-state index contributed by atoms with van der Waals surface area (Å²) in [7, 11) is 0. The van der Waals surface area contributed by atoms with Gasteiger partial charge in [-0.05, 0) is 69.2 Å². The highest BCUT2D eigenvalue weighted by Crippen LogP contribution is 2.37. The first-order valence-corrected chi connectivity index (χ1v) is 10.5. The summed E-state index contributed by atoms with van der Waals surface area (Å²) in [5, 5.41) is 8.30. The van der Waals surface area contributed by atoms with Crippen molar-refractivity contribution in [3.63, 3.8) is 0 Å². The molecule has 0 bridgehead atoms. The lowest BCUT2D eigenvalue weighted by atomic mass is 9.84. The van der Waals surface area contributed by atoms with E-state index in [1.165, 1.54) is 0 Å². The van der Waals surface area contributed by atoms with E-state index in [0.29, 0.717) is 37.8 Å². The van der Waals surface area contributed by atoms with Gasteiger partial charge in [-0.15, -0.1) is 0 Å². The molecule has 2 amide bonds. The van der Waals surface area contributed by atoms with Crippen molar-refractivity contribution in [2.24, 2.45) is 5.92 Å². The first-order valence-electron chi connectivity index (χ1n) is 10.5. The molecule has 1 aliphatic heterocycles. The molecule has 178 valence electrons. The number of amides is 2. The molecule has 0 radical (unpaired) electrons. The summed E-state index contributed by atoms with van der Waals surface area (Å²) >= 11 is 0. The predicted molar refractivity (Wildman–Crippen MR) is 105 cm³/mol. The van der Waals surface area contributed by atoms with E-state index >= 15 is 0 Å². The lowest BCUT2D eigenvalue weighted by Gasteiger charge is -2.29. The fourth-order valence-electron chi connectivity index (χ4n) is 4.22. The molecule has 32 heavy (non-hydrogen) atoms. The van der Waals surface area contributed by atoms with Gasteiger partial charge < -0.3 is 16.0 Å². The van der Waals surface area contributed by atoms with Gasteiger partial charge in [-0.3, -0.25) is 9.59 Å². The van der Waals surface area contributed by atoms with E-state index in [1.54, 1.807) is 0 Å². The van der Waals surface area contributed by atoms with Crippen LogP contribution in [0.3, 0.4) is 0 Å². The van der Waals surface area contributed by atoms with E-state index in [9.17, 15) is 35.9 Å². The second-order valence-electron chi connectivity index (χ2n) is 8.42. The molecule has 1 saturated carbocycles. The van der Waals surface area contributed by atoms with E-state index in [4.69, 9.17) is 0 Å². The Labute approximate surface area is 181 Å². The third-order valence-corrected chi connectivity index (χ3v) is 5.92. The van der Waals surface area contributed by atoms with Crippen molar-refractivity contribution in [3.8, 4) is 0 Å². The van der Waals surface area contributed by atoms with E-state index in [2.05, 4.69) is 16.0 Å². The van der Waals surface area contributed by atoms with Gasteiger partial charge in [-0.1, -0.05) is 0 Å². The molecule has 1 aromatic rings. The van der Waals surface area contributed by atoms with Gasteiger partial charge in [0.25, 0.3) is 0 Å². The molecule has 1 saturated heterocycles. The molecular weight excluding hydrogens is 440 g/mol. The van der Waals surface area contributed by atoms with Gasteiger partial charge in [0.15, 0.2) is 0 Å². The molecule has 1 heterocycles. The van der Waals surface area contributed by atoms with E-state index in [-0.39, 0.29) is 36.4 Å². The van der Waals surface area contributed by atoms with Crippen LogP contribution in [0.25, 0.3) is 0 Å². The van der Waals surface area contributed by atoms with Crippen LogP contribution in [0.1, 0.15) is 56.1 Å². The van der Waals surface area contributed by atoms with Crippen LogP contribution < -0.4 is 16.0 Å². The molecule has 1 aliphatic carbocycles. The lowest BCUT2D eigenvalue weighted by Crippen LogP contribution is -2.46. The number of hydrogen-bond acceptors (Lipinski definition) is 3. The molecule has 0 unspecified atom stereocenters. The Balaban J connectivity index is 1.53. The highest BCUT2D eigenvalue weighted by atomic mass is 19.4. The number of benzene rings is 1. The van der Waals surface area contributed by atoms with Crippen LogP contribution in [0.4, 0.5) is 32.0 Å². The van der Waals surface area contributed by atoms with E-state index in [1.807, 2.05) is 0 Å². The van der Waals surface area contributed by atoms with Crippen molar-refractivity contribution in [3.05, 3.63) is 29.3 Å². The quantitative estimate of drug-likeness (QED) is 0.562. The van der Waals surface area contributed by atoms with Crippen molar-refractivity contribution in [2.45, 2.75) is 69.4 Å². The summed E-state index contributed by atoms with van der Waals surface area (Å²) < 4.78 is 77.7.